The molecule has 1 aliphatic heterocycles. The van der Waals surface area contributed by atoms with Crippen molar-refractivity contribution in [2.24, 2.45) is 0 Å². The summed E-state index contributed by atoms with van der Waals surface area (Å²) < 4.78 is 15.3. The first-order valence-electron chi connectivity index (χ1n) is 12.0. The van der Waals surface area contributed by atoms with E-state index in [9.17, 15) is 0 Å². The Morgan fingerprint density at radius 2 is 1.86 bits per heavy atom. The molecular weight excluding hydrogens is 440 g/mol. The largest absolute Gasteiger partial charge is 0.496 e. The van der Waals surface area contributed by atoms with E-state index >= 15 is 0 Å². The average molecular weight is 473 g/mol. The molecule has 1 atom stereocenters. The minimum atomic E-state index is 0.00985. The zero-order valence-corrected chi connectivity index (χ0v) is 21.2. The van der Waals surface area contributed by atoms with Gasteiger partial charge in [-0.15, -0.1) is 5.10 Å². The van der Waals surface area contributed by atoms with Gasteiger partial charge in [-0.2, -0.15) is 0 Å². The summed E-state index contributed by atoms with van der Waals surface area (Å²) in [6, 6.07) is 10.5. The number of nitrogens with zero attached hydrogens (tertiary/aromatic N) is 6. The monoisotopic (exact) mass is 472 g/mol. The fourth-order valence-electron chi connectivity index (χ4n) is 4.78. The molecule has 0 N–H and O–H groups in total. The Hall–Kier alpha value is -3.68. The predicted molar refractivity (Wildman–Crippen MR) is 134 cm³/mol. The quantitative estimate of drug-likeness (QED) is 0.403. The number of pyridine rings is 1. The van der Waals surface area contributed by atoms with E-state index in [1.54, 1.807) is 20.5 Å². The van der Waals surface area contributed by atoms with Crippen molar-refractivity contribution in [2.45, 2.75) is 58.4 Å². The van der Waals surface area contributed by atoms with Gasteiger partial charge in [0.25, 0.3) is 0 Å². The van der Waals surface area contributed by atoms with Crippen molar-refractivity contribution >= 4 is 0 Å². The lowest BCUT2D eigenvalue weighted by Crippen LogP contribution is -2.19. The molecule has 0 amide bonds. The number of methoxy groups -OCH3 is 2. The van der Waals surface area contributed by atoms with E-state index in [1.165, 1.54) is 11.1 Å². The molecule has 8 nitrogen and oxygen atoms in total. The molecular formula is C27H32N6O2. The molecule has 3 aromatic heterocycles. The third kappa shape index (κ3) is 4.29. The first-order chi connectivity index (χ1) is 16.8. The van der Waals surface area contributed by atoms with E-state index in [1.807, 2.05) is 34.5 Å². The van der Waals surface area contributed by atoms with Crippen molar-refractivity contribution in [3.8, 4) is 28.8 Å². The molecule has 1 aromatic carbocycles. The summed E-state index contributed by atoms with van der Waals surface area (Å²) >= 11 is 0. The first kappa shape index (κ1) is 23.1. The number of fused-ring (bicyclic) bond motifs is 1. The smallest absolute Gasteiger partial charge is 0.238 e. The second-order valence-corrected chi connectivity index (χ2v) is 10.1. The van der Waals surface area contributed by atoms with E-state index in [2.05, 4.69) is 44.0 Å². The van der Waals surface area contributed by atoms with Gasteiger partial charge in [-0.3, -0.25) is 0 Å². The normalized spacial score (nSPS) is 15.7. The second-order valence-electron chi connectivity index (χ2n) is 10.1. The third-order valence-corrected chi connectivity index (χ3v) is 6.56. The van der Waals surface area contributed by atoms with Crippen LogP contribution in [-0.4, -0.2) is 43.5 Å². The van der Waals surface area contributed by atoms with Gasteiger partial charge in [-0.1, -0.05) is 32.9 Å². The topological polar surface area (TPSA) is 79.9 Å². The number of aryl methyl sites for hydroxylation is 2. The number of ether oxygens (including phenoxy) is 2. The number of benzene rings is 1. The van der Waals surface area contributed by atoms with Crippen molar-refractivity contribution < 1.29 is 9.47 Å². The first-order valence-corrected chi connectivity index (χ1v) is 12.0. The molecule has 4 aromatic rings. The van der Waals surface area contributed by atoms with Gasteiger partial charge < -0.3 is 14.0 Å². The number of imidazole rings is 1. The molecule has 0 bridgehead atoms. The standard InChI is InChI=1S/C27H32N6O2/c1-17-15-32(16-28-17)22-12-11-21(29-26(22)35-6)24-30-25-19(8-7-13-33(25)31-24)18-9-10-20(27(2,3)4)23(14-18)34-5/h9-12,14-16,19H,7-8,13H2,1-6H3/t19-/m0/s1. The SMILES string of the molecule is COc1cc([C@@H]2CCCn3nc(-c4ccc(-n5cnc(C)c5)c(OC)n4)nc32)ccc1C(C)(C)C. The Balaban J connectivity index is 1.51. The van der Waals surface area contributed by atoms with E-state index in [-0.39, 0.29) is 11.3 Å². The number of hydrogen-bond acceptors (Lipinski definition) is 6. The summed E-state index contributed by atoms with van der Waals surface area (Å²) in [6.07, 6.45) is 5.76. The Labute approximate surface area is 206 Å². The van der Waals surface area contributed by atoms with Crippen molar-refractivity contribution in [1.82, 2.24) is 29.3 Å². The van der Waals surface area contributed by atoms with Crippen LogP contribution < -0.4 is 9.47 Å². The predicted octanol–water partition coefficient (Wildman–Crippen LogP) is 5.07. The molecule has 4 heterocycles. The van der Waals surface area contributed by atoms with Crippen molar-refractivity contribution in [3.63, 3.8) is 0 Å². The lowest BCUT2D eigenvalue weighted by Gasteiger charge is -2.26. The summed E-state index contributed by atoms with van der Waals surface area (Å²) in [7, 11) is 3.36. The van der Waals surface area contributed by atoms with Gasteiger partial charge >= 0.3 is 0 Å². The van der Waals surface area contributed by atoms with Crippen LogP contribution in [0.4, 0.5) is 0 Å². The molecule has 0 fully saturated rings. The lowest BCUT2D eigenvalue weighted by atomic mass is 9.83. The molecule has 8 heteroatoms. The molecule has 5 rings (SSSR count). The number of hydrogen-bond donors (Lipinski definition) is 0. The number of aromatic nitrogens is 6. The van der Waals surface area contributed by atoms with Gasteiger partial charge in [0.05, 0.1) is 26.2 Å². The van der Waals surface area contributed by atoms with Gasteiger partial charge in [-0.05, 0) is 54.5 Å². The number of rotatable bonds is 5. The molecule has 182 valence electrons. The van der Waals surface area contributed by atoms with Crippen molar-refractivity contribution in [3.05, 3.63) is 65.5 Å². The highest BCUT2D eigenvalue weighted by Crippen LogP contribution is 2.38. The van der Waals surface area contributed by atoms with Gasteiger partial charge in [0.2, 0.25) is 5.88 Å². The Morgan fingerprint density at radius 1 is 1.03 bits per heavy atom. The summed E-state index contributed by atoms with van der Waals surface area (Å²) in [5.41, 5.74) is 4.85. The van der Waals surface area contributed by atoms with Crippen LogP contribution in [0.25, 0.3) is 17.2 Å². The van der Waals surface area contributed by atoms with Crippen LogP contribution in [0.1, 0.15) is 62.2 Å². The molecule has 0 saturated heterocycles. The molecule has 35 heavy (non-hydrogen) atoms. The van der Waals surface area contributed by atoms with Crippen LogP contribution in [-0.2, 0) is 12.0 Å². The van der Waals surface area contributed by atoms with Gasteiger partial charge in [0.15, 0.2) is 5.82 Å². The minimum Gasteiger partial charge on any atom is -0.496 e. The van der Waals surface area contributed by atoms with Crippen molar-refractivity contribution in [2.75, 3.05) is 14.2 Å². The van der Waals surface area contributed by atoms with Gasteiger partial charge in [-0.25, -0.2) is 19.6 Å². The second kappa shape index (κ2) is 8.83. The Morgan fingerprint density at radius 3 is 2.54 bits per heavy atom. The van der Waals surface area contributed by atoms with Crippen LogP contribution in [0.2, 0.25) is 0 Å². The summed E-state index contributed by atoms with van der Waals surface area (Å²) in [4.78, 5) is 14.0. The molecule has 1 aliphatic rings. The summed E-state index contributed by atoms with van der Waals surface area (Å²) in [6.45, 7) is 9.41. The van der Waals surface area contributed by atoms with Crippen LogP contribution in [0.3, 0.4) is 0 Å². The highest BCUT2D eigenvalue weighted by Gasteiger charge is 2.28. The summed E-state index contributed by atoms with van der Waals surface area (Å²) in [5.74, 6) is 3.15. The van der Waals surface area contributed by atoms with Crippen LogP contribution in [0.5, 0.6) is 11.6 Å². The van der Waals surface area contributed by atoms with E-state index in [0.29, 0.717) is 17.4 Å². The lowest BCUT2D eigenvalue weighted by molar-refractivity contribution is 0.395. The van der Waals surface area contributed by atoms with Gasteiger partial charge in [0, 0.05) is 18.7 Å². The highest BCUT2D eigenvalue weighted by molar-refractivity contribution is 5.56. The van der Waals surface area contributed by atoms with E-state index < -0.39 is 0 Å². The van der Waals surface area contributed by atoms with Crippen LogP contribution in [0, 0.1) is 6.92 Å². The van der Waals surface area contributed by atoms with E-state index in [4.69, 9.17) is 24.5 Å². The fraction of sp³-hybridized carbons (Fsp3) is 0.407. The maximum Gasteiger partial charge on any atom is 0.238 e. The molecule has 0 radical (unpaired) electrons. The van der Waals surface area contributed by atoms with Crippen LogP contribution >= 0.6 is 0 Å². The zero-order chi connectivity index (χ0) is 24.7. The van der Waals surface area contributed by atoms with Gasteiger partial charge in [0.1, 0.15) is 23.0 Å². The third-order valence-electron chi connectivity index (χ3n) is 6.56. The maximum atomic E-state index is 5.77. The minimum absolute atomic E-state index is 0.00985. The zero-order valence-electron chi connectivity index (χ0n) is 21.2. The van der Waals surface area contributed by atoms with Crippen LogP contribution in [0.15, 0.2) is 42.9 Å². The summed E-state index contributed by atoms with van der Waals surface area (Å²) in [5, 5.41) is 4.82. The fourth-order valence-corrected chi connectivity index (χ4v) is 4.78. The molecule has 0 saturated carbocycles. The average Bonchev–Trinajstić information content (AvgIpc) is 3.48. The molecule has 0 aliphatic carbocycles. The Bertz CT molecular complexity index is 1360. The Kier molecular flexibility index (Phi) is 5.83. The molecule has 0 spiro atoms. The van der Waals surface area contributed by atoms with E-state index in [0.717, 1.165) is 42.3 Å². The van der Waals surface area contributed by atoms with Crippen molar-refractivity contribution in [1.29, 1.82) is 0 Å². The maximum absolute atomic E-state index is 5.77. The molecule has 0 unspecified atom stereocenters. The highest BCUT2D eigenvalue weighted by atomic mass is 16.5.